The van der Waals surface area contributed by atoms with Gasteiger partial charge in [0.05, 0.1) is 5.69 Å². The van der Waals surface area contributed by atoms with E-state index >= 15 is 0 Å². The molecule has 0 fully saturated rings. The number of nitrogens with one attached hydrogen (secondary N) is 1. The molecule has 0 spiro atoms. The van der Waals surface area contributed by atoms with Crippen molar-refractivity contribution < 1.29 is 0 Å². The third kappa shape index (κ3) is 13.0. The van der Waals surface area contributed by atoms with Crippen LogP contribution in [0.3, 0.4) is 0 Å². The van der Waals surface area contributed by atoms with Crippen LogP contribution in [0.2, 0.25) is 0 Å². The van der Waals surface area contributed by atoms with E-state index in [0.29, 0.717) is 4.47 Å². The van der Waals surface area contributed by atoms with Crippen LogP contribution in [0.5, 0.6) is 0 Å². The van der Waals surface area contributed by atoms with Gasteiger partial charge in [-0.05, 0) is 29.3 Å². The number of halogens is 1. The lowest BCUT2D eigenvalue weighted by atomic mass is 10.0. The van der Waals surface area contributed by atoms with Gasteiger partial charge in [-0.1, -0.05) is 115 Å². The van der Waals surface area contributed by atoms with Crippen molar-refractivity contribution in [1.82, 2.24) is 9.97 Å². The molecule has 1 aromatic rings. The van der Waals surface area contributed by atoms with Crippen LogP contribution in [-0.4, -0.2) is 15.7 Å². The minimum atomic E-state index is -0.0815. The highest BCUT2D eigenvalue weighted by Crippen LogP contribution is 2.18. The molecule has 0 aromatic carbocycles. The Morgan fingerprint density at radius 2 is 1.21 bits per heavy atom. The van der Waals surface area contributed by atoms with Crippen LogP contribution in [0.1, 0.15) is 115 Å². The summed E-state index contributed by atoms with van der Waals surface area (Å²) in [6, 6.07) is 0. The molecule has 0 saturated heterocycles. The Kier molecular flexibility index (Phi) is 16.1. The molecule has 28 heavy (non-hydrogen) atoms. The number of nitrogens with zero attached hydrogens (tertiary/aromatic N) is 1. The van der Waals surface area contributed by atoms with Crippen molar-refractivity contribution >= 4 is 27.7 Å². The Balaban J connectivity index is 1.83. The van der Waals surface area contributed by atoms with Gasteiger partial charge in [0.2, 0.25) is 0 Å². The van der Waals surface area contributed by atoms with Gasteiger partial charge in [0.15, 0.2) is 5.16 Å². The number of H-pyrrole nitrogens is 1. The maximum atomic E-state index is 11.7. The third-order valence-electron chi connectivity index (χ3n) is 5.24. The van der Waals surface area contributed by atoms with Gasteiger partial charge in [-0.25, -0.2) is 4.98 Å². The van der Waals surface area contributed by atoms with Crippen LogP contribution in [0.25, 0.3) is 0 Å². The lowest BCUT2D eigenvalue weighted by Crippen LogP contribution is -2.11. The lowest BCUT2D eigenvalue weighted by Gasteiger charge is -2.04. The summed E-state index contributed by atoms with van der Waals surface area (Å²) in [6.45, 7) is 4.14. The van der Waals surface area contributed by atoms with Crippen molar-refractivity contribution in [2.75, 3.05) is 5.75 Å². The van der Waals surface area contributed by atoms with Crippen LogP contribution < -0.4 is 5.56 Å². The topological polar surface area (TPSA) is 45.8 Å². The van der Waals surface area contributed by atoms with Crippen LogP contribution in [0.15, 0.2) is 14.4 Å². The molecule has 1 rings (SSSR count). The lowest BCUT2D eigenvalue weighted by molar-refractivity contribution is 0.531. The molecule has 5 heteroatoms. The number of aromatic nitrogens is 2. The summed E-state index contributed by atoms with van der Waals surface area (Å²) < 4.78 is 0.541. The van der Waals surface area contributed by atoms with E-state index in [1.54, 1.807) is 11.8 Å². The van der Waals surface area contributed by atoms with Crippen molar-refractivity contribution in [3.63, 3.8) is 0 Å². The zero-order chi connectivity index (χ0) is 20.5. The van der Waals surface area contributed by atoms with Crippen LogP contribution in [0.4, 0.5) is 0 Å². The van der Waals surface area contributed by atoms with Crippen molar-refractivity contribution in [3.8, 4) is 0 Å². The minimum absolute atomic E-state index is 0.0815. The molecule has 0 saturated carbocycles. The van der Waals surface area contributed by atoms with E-state index in [0.717, 1.165) is 16.6 Å². The first kappa shape index (κ1) is 25.7. The fourth-order valence-corrected chi connectivity index (χ4v) is 4.53. The largest absolute Gasteiger partial charge is 0.300 e. The number of unbranched alkanes of at least 4 members (excludes halogenated alkanes) is 15. The normalized spacial score (nSPS) is 11.2. The quantitative estimate of drug-likeness (QED) is 0.133. The fraction of sp³-hybridized carbons (Fsp3) is 0.826. The number of aromatic amines is 1. The highest BCUT2D eigenvalue weighted by Gasteiger charge is 2.05. The molecule has 1 N–H and O–H groups in total. The van der Waals surface area contributed by atoms with Crippen LogP contribution >= 0.6 is 27.7 Å². The summed E-state index contributed by atoms with van der Waals surface area (Å²) in [5.74, 6) is 1.03. The van der Waals surface area contributed by atoms with Gasteiger partial charge in [0.25, 0.3) is 5.56 Å². The average Bonchev–Trinajstić information content (AvgIpc) is 2.68. The molecule has 1 heterocycles. The van der Waals surface area contributed by atoms with Crippen molar-refractivity contribution in [2.24, 2.45) is 0 Å². The Bertz CT molecular complexity index is 562. The minimum Gasteiger partial charge on any atom is -0.300 e. The Morgan fingerprint density at radius 1 is 0.786 bits per heavy atom. The molecule has 162 valence electrons. The summed E-state index contributed by atoms with van der Waals surface area (Å²) >= 11 is 4.91. The first-order valence-electron chi connectivity index (χ1n) is 11.5. The number of thioether (sulfide) groups is 1. The highest BCUT2D eigenvalue weighted by atomic mass is 79.9. The third-order valence-corrected chi connectivity index (χ3v) is 7.14. The van der Waals surface area contributed by atoms with Gasteiger partial charge in [-0.15, -0.1) is 0 Å². The first-order chi connectivity index (χ1) is 13.6. The van der Waals surface area contributed by atoms with Crippen molar-refractivity contribution in [2.45, 2.75) is 122 Å². The number of hydrogen-bond acceptors (Lipinski definition) is 3. The Hall–Kier alpha value is -0.290. The molecular formula is C23H41BrN2OS. The van der Waals surface area contributed by atoms with Gasteiger partial charge < -0.3 is 4.98 Å². The second kappa shape index (κ2) is 17.6. The summed E-state index contributed by atoms with van der Waals surface area (Å²) in [7, 11) is 0. The molecule has 0 aliphatic heterocycles. The second-order valence-electron chi connectivity index (χ2n) is 7.92. The first-order valence-corrected chi connectivity index (χ1v) is 13.3. The van der Waals surface area contributed by atoms with E-state index in [4.69, 9.17) is 0 Å². The van der Waals surface area contributed by atoms with Crippen molar-refractivity contribution in [3.05, 3.63) is 20.5 Å². The standard InChI is InChI=1S/C23H41BrN2OS/c1-3-4-5-6-7-8-9-10-11-12-13-14-15-16-17-18-19-28-23-25-20(2)21(24)22(27)26-23/h3-19H2,1-2H3,(H,25,26,27). The predicted octanol–water partition coefficient (Wildman–Crippen LogP) is 8.19. The van der Waals surface area contributed by atoms with Crippen LogP contribution in [0, 0.1) is 6.92 Å². The molecule has 0 amide bonds. The number of hydrogen-bond donors (Lipinski definition) is 1. The van der Waals surface area contributed by atoms with Gasteiger partial charge >= 0.3 is 0 Å². The average molecular weight is 474 g/mol. The zero-order valence-corrected chi connectivity index (χ0v) is 20.6. The van der Waals surface area contributed by atoms with E-state index < -0.39 is 0 Å². The maximum Gasteiger partial charge on any atom is 0.266 e. The van der Waals surface area contributed by atoms with Crippen molar-refractivity contribution in [1.29, 1.82) is 0 Å². The van der Waals surface area contributed by atoms with E-state index in [-0.39, 0.29) is 5.56 Å². The molecule has 0 unspecified atom stereocenters. The van der Waals surface area contributed by atoms with E-state index in [2.05, 4.69) is 32.8 Å². The van der Waals surface area contributed by atoms with E-state index in [1.165, 1.54) is 103 Å². The zero-order valence-electron chi connectivity index (χ0n) is 18.2. The van der Waals surface area contributed by atoms with E-state index in [9.17, 15) is 4.79 Å². The van der Waals surface area contributed by atoms with Gasteiger partial charge in [-0.3, -0.25) is 4.79 Å². The molecule has 0 bridgehead atoms. The summed E-state index contributed by atoms with van der Waals surface area (Å²) in [4.78, 5) is 18.9. The van der Waals surface area contributed by atoms with Gasteiger partial charge in [0.1, 0.15) is 4.47 Å². The monoisotopic (exact) mass is 472 g/mol. The Morgan fingerprint density at radius 3 is 1.64 bits per heavy atom. The molecule has 0 aliphatic carbocycles. The summed E-state index contributed by atoms with van der Waals surface area (Å²) in [5.41, 5.74) is 0.681. The van der Waals surface area contributed by atoms with Crippen LogP contribution in [-0.2, 0) is 0 Å². The molecular weight excluding hydrogens is 432 g/mol. The molecule has 0 aliphatic rings. The molecule has 0 atom stereocenters. The summed E-state index contributed by atoms with van der Waals surface area (Å²) in [5, 5.41) is 0.742. The smallest absolute Gasteiger partial charge is 0.266 e. The molecule has 0 radical (unpaired) electrons. The van der Waals surface area contributed by atoms with Gasteiger partial charge in [-0.2, -0.15) is 0 Å². The maximum absolute atomic E-state index is 11.7. The number of rotatable bonds is 18. The number of aryl methyl sites for hydroxylation is 1. The second-order valence-corrected chi connectivity index (χ2v) is 9.80. The molecule has 3 nitrogen and oxygen atoms in total. The Labute approximate surface area is 185 Å². The predicted molar refractivity (Wildman–Crippen MR) is 128 cm³/mol. The van der Waals surface area contributed by atoms with Gasteiger partial charge in [0, 0.05) is 5.75 Å². The molecule has 1 aromatic heterocycles. The SMILES string of the molecule is CCCCCCCCCCCCCCCCCCSc1nc(C)c(Br)c(=O)[nH]1. The summed E-state index contributed by atoms with van der Waals surface area (Å²) in [6.07, 6.45) is 22.3. The van der Waals surface area contributed by atoms with E-state index in [1.807, 2.05) is 6.92 Å². The highest BCUT2D eigenvalue weighted by molar-refractivity contribution is 9.10. The fourth-order valence-electron chi connectivity index (χ4n) is 3.43.